The molecule has 1 aromatic heterocycles. The summed E-state index contributed by atoms with van der Waals surface area (Å²) in [5, 5.41) is 2.49. The number of nitrogens with one attached hydrogen (secondary N) is 1. The molecule has 2 aliphatic heterocycles. The summed E-state index contributed by atoms with van der Waals surface area (Å²) in [5.41, 5.74) is 5.17. The Morgan fingerprint density at radius 3 is 3.00 bits per heavy atom. The number of nitrogens with zero attached hydrogens (tertiary/aromatic N) is 3. The van der Waals surface area contributed by atoms with Crippen LogP contribution in [0.3, 0.4) is 0 Å². The van der Waals surface area contributed by atoms with E-state index in [1.54, 1.807) is 12.3 Å². The molecule has 2 fully saturated rings. The SMILES string of the molecule is Nc1ccnc(N2CCC3(CCCC(=O)NC3=O)C2)n1. The Balaban J connectivity index is 1.81. The van der Waals surface area contributed by atoms with E-state index in [-0.39, 0.29) is 11.8 Å². The van der Waals surface area contributed by atoms with Crippen molar-refractivity contribution in [2.24, 2.45) is 5.41 Å². The number of hydrogen-bond acceptors (Lipinski definition) is 6. The van der Waals surface area contributed by atoms with Crippen LogP contribution in [0.5, 0.6) is 0 Å². The van der Waals surface area contributed by atoms with E-state index in [1.807, 2.05) is 4.90 Å². The van der Waals surface area contributed by atoms with E-state index in [0.29, 0.717) is 37.7 Å². The van der Waals surface area contributed by atoms with Crippen molar-refractivity contribution in [1.29, 1.82) is 0 Å². The molecular formula is C13H17N5O2. The third-order valence-corrected chi connectivity index (χ3v) is 4.09. The second-order valence-corrected chi connectivity index (χ2v) is 5.46. The summed E-state index contributed by atoms with van der Waals surface area (Å²) in [4.78, 5) is 34.1. The third kappa shape index (κ3) is 2.19. The van der Waals surface area contributed by atoms with Gasteiger partial charge in [-0.3, -0.25) is 14.9 Å². The van der Waals surface area contributed by atoms with E-state index in [1.165, 1.54) is 0 Å². The number of nitrogen functional groups attached to an aromatic ring is 1. The van der Waals surface area contributed by atoms with Crippen LogP contribution in [0.15, 0.2) is 12.3 Å². The van der Waals surface area contributed by atoms with Crippen LogP contribution in [-0.2, 0) is 9.59 Å². The number of nitrogens with two attached hydrogens (primary N) is 1. The van der Waals surface area contributed by atoms with Crippen LogP contribution in [0.4, 0.5) is 11.8 Å². The van der Waals surface area contributed by atoms with Crippen molar-refractivity contribution < 1.29 is 9.59 Å². The monoisotopic (exact) mass is 275 g/mol. The van der Waals surface area contributed by atoms with E-state index in [0.717, 1.165) is 12.8 Å². The molecule has 0 aliphatic carbocycles. The molecule has 1 spiro atoms. The Bertz CT molecular complexity index is 561. The summed E-state index contributed by atoms with van der Waals surface area (Å²) in [6.45, 7) is 1.24. The first-order valence-electron chi connectivity index (χ1n) is 6.77. The lowest BCUT2D eigenvalue weighted by Crippen LogP contribution is -2.43. The van der Waals surface area contributed by atoms with Crippen molar-refractivity contribution in [2.75, 3.05) is 23.7 Å². The van der Waals surface area contributed by atoms with Gasteiger partial charge in [0.25, 0.3) is 0 Å². The van der Waals surface area contributed by atoms with E-state index >= 15 is 0 Å². The van der Waals surface area contributed by atoms with Gasteiger partial charge in [0, 0.05) is 25.7 Å². The molecule has 2 aliphatic rings. The minimum atomic E-state index is -0.500. The molecule has 0 saturated carbocycles. The fourth-order valence-corrected chi connectivity index (χ4v) is 2.97. The molecule has 2 saturated heterocycles. The number of rotatable bonds is 1. The van der Waals surface area contributed by atoms with Crippen LogP contribution in [0.25, 0.3) is 0 Å². The largest absolute Gasteiger partial charge is 0.384 e. The summed E-state index contributed by atoms with van der Waals surface area (Å²) in [7, 11) is 0. The normalized spacial score (nSPS) is 26.7. The molecule has 3 N–H and O–H groups in total. The van der Waals surface area contributed by atoms with Gasteiger partial charge in [-0.15, -0.1) is 0 Å². The average molecular weight is 275 g/mol. The van der Waals surface area contributed by atoms with Gasteiger partial charge in [-0.1, -0.05) is 0 Å². The topological polar surface area (TPSA) is 101 Å². The predicted molar refractivity (Wildman–Crippen MR) is 72.7 cm³/mol. The molecule has 1 unspecified atom stereocenters. The van der Waals surface area contributed by atoms with Crippen LogP contribution in [0.2, 0.25) is 0 Å². The molecule has 7 heteroatoms. The first kappa shape index (κ1) is 12.8. The maximum atomic E-state index is 12.3. The number of hydrogen-bond donors (Lipinski definition) is 2. The zero-order chi connectivity index (χ0) is 14.2. The molecule has 20 heavy (non-hydrogen) atoms. The maximum Gasteiger partial charge on any atom is 0.234 e. The Labute approximate surface area is 116 Å². The lowest BCUT2D eigenvalue weighted by atomic mass is 9.82. The number of carbonyl (C=O) groups is 2. The molecule has 0 bridgehead atoms. The lowest BCUT2D eigenvalue weighted by molar-refractivity contribution is -0.134. The van der Waals surface area contributed by atoms with Crippen molar-refractivity contribution >= 4 is 23.6 Å². The molecule has 0 aromatic carbocycles. The molecule has 1 aromatic rings. The number of imide groups is 1. The molecular weight excluding hydrogens is 258 g/mol. The van der Waals surface area contributed by atoms with Gasteiger partial charge in [0.15, 0.2) is 0 Å². The first-order chi connectivity index (χ1) is 9.59. The standard InChI is InChI=1S/C13H17N5O2/c14-9-3-6-15-12(16-9)18-7-5-13(8-18)4-1-2-10(19)17-11(13)20/h3,6H,1-2,4-5,7-8H2,(H2,14,15,16)(H,17,19,20). The first-order valence-corrected chi connectivity index (χ1v) is 6.77. The predicted octanol–water partition coefficient (Wildman–Crippen LogP) is 0.0820. The highest BCUT2D eigenvalue weighted by atomic mass is 16.2. The van der Waals surface area contributed by atoms with E-state index in [2.05, 4.69) is 15.3 Å². The second-order valence-electron chi connectivity index (χ2n) is 5.46. The van der Waals surface area contributed by atoms with Crippen molar-refractivity contribution in [3.05, 3.63) is 12.3 Å². The zero-order valence-electron chi connectivity index (χ0n) is 11.1. The third-order valence-electron chi connectivity index (χ3n) is 4.09. The fraction of sp³-hybridized carbons (Fsp3) is 0.538. The minimum Gasteiger partial charge on any atom is -0.384 e. The van der Waals surface area contributed by atoms with Crippen molar-refractivity contribution in [1.82, 2.24) is 15.3 Å². The van der Waals surface area contributed by atoms with Crippen LogP contribution in [0.1, 0.15) is 25.7 Å². The Kier molecular flexibility index (Phi) is 3.04. The number of anilines is 2. The molecule has 1 atom stereocenters. The van der Waals surface area contributed by atoms with Crippen LogP contribution < -0.4 is 16.0 Å². The van der Waals surface area contributed by atoms with Crippen molar-refractivity contribution in [2.45, 2.75) is 25.7 Å². The highest BCUT2D eigenvalue weighted by Gasteiger charge is 2.46. The van der Waals surface area contributed by atoms with Gasteiger partial charge < -0.3 is 10.6 Å². The number of aromatic nitrogens is 2. The molecule has 3 rings (SSSR count). The average Bonchev–Trinajstić information content (AvgIpc) is 2.78. The Morgan fingerprint density at radius 1 is 1.35 bits per heavy atom. The smallest absolute Gasteiger partial charge is 0.234 e. The summed E-state index contributed by atoms with van der Waals surface area (Å²) >= 11 is 0. The fourth-order valence-electron chi connectivity index (χ4n) is 2.97. The number of amides is 2. The van der Waals surface area contributed by atoms with Gasteiger partial charge in [-0.05, 0) is 25.3 Å². The molecule has 0 radical (unpaired) electrons. The minimum absolute atomic E-state index is 0.161. The highest BCUT2D eigenvalue weighted by molar-refractivity contribution is 5.99. The van der Waals surface area contributed by atoms with Crippen LogP contribution in [-0.4, -0.2) is 34.9 Å². The van der Waals surface area contributed by atoms with E-state index < -0.39 is 5.41 Å². The second kappa shape index (κ2) is 4.73. The molecule has 2 amide bonds. The van der Waals surface area contributed by atoms with Gasteiger partial charge in [0.1, 0.15) is 5.82 Å². The van der Waals surface area contributed by atoms with E-state index in [4.69, 9.17) is 5.73 Å². The van der Waals surface area contributed by atoms with Crippen molar-refractivity contribution in [3.8, 4) is 0 Å². The van der Waals surface area contributed by atoms with Gasteiger partial charge in [-0.2, -0.15) is 4.98 Å². The van der Waals surface area contributed by atoms with Gasteiger partial charge in [-0.25, -0.2) is 4.98 Å². The Hall–Kier alpha value is -2.18. The lowest BCUT2D eigenvalue weighted by Gasteiger charge is -2.25. The quantitative estimate of drug-likeness (QED) is 0.704. The van der Waals surface area contributed by atoms with Crippen molar-refractivity contribution in [3.63, 3.8) is 0 Å². The number of carbonyl (C=O) groups excluding carboxylic acids is 2. The molecule has 7 nitrogen and oxygen atoms in total. The summed E-state index contributed by atoms with van der Waals surface area (Å²) < 4.78 is 0. The maximum absolute atomic E-state index is 12.3. The van der Waals surface area contributed by atoms with Gasteiger partial charge in [0.2, 0.25) is 17.8 Å². The van der Waals surface area contributed by atoms with E-state index in [9.17, 15) is 9.59 Å². The zero-order valence-corrected chi connectivity index (χ0v) is 11.1. The van der Waals surface area contributed by atoms with Gasteiger partial charge >= 0.3 is 0 Å². The summed E-state index contributed by atoms with van der Waals surface area (Å²) in [6.07, 6.45) is 4.21. The summed E-state index contributed by atoms with van der Waals surface area (Å²) in [6, 6.07) is 1.63. The molecule has 3 heterocycles. The van der Waals surface area contributed by atoms with Crippen LogP contribution in [0, 0.1) is 5.41 Å². The van der Waals surface area contributed by atoms with Gasteiger partial charge in [0.05, 0.1) is 5.41 Å². The highest BCUT2D eigenvalue weighted by Crippen LogP contribution is 2.38. The molecule has 106 valence electrons. The van der Waals surface area contributed by atoms with Crippen LogP contribution >= 0.6 is 0 Å². The summed E-state index contributed by atoms with van der Waals surface area (Å²) in [5.74, 6) is 0.624. The Morgan fingerprint density at radius 2 is 2.20 bits per heavy atom.